The van der Waals surface area contributed by atoms with Crippen molar-refractivity contribution in [3.63, 3.8) is 0 Å². The van der Waals surface area contributed by atoms with Crippen LogP contribution in [0.3, 0.4) is 0 Å². The van der Waals surface area contributed by atoms with Gasteiger partial charge in [0.25, 0.3) is 0 Å². The summed E-state index contributed by atoms with van der Waals surface area (Å²) in [6.07, 6.45) is 1.93. The molecule has 3 nitrogen and oxygen atoms in total. The normalized spacial score (nSPS) is 9.95. The lowest BCUT2D eigenvalue weighted by molar-refractivity contribution is 0.101. The van der Waals surface area contributed by atoms with E-state index in [-0.39, 0.29) is 5.78 Å². The molecule has 3 aromatic rings. The minimum atomic E-state index is -0.0162. The van der Waals surface area contributed by atoms with E-state index in [2.05, 4.69) is 4.98 Å². The molecule has 0 amide bonds. The number of aromatic nitrogens is 2. The van der Waals surface area contributed by atoms with E-state index in [0.29, 0.717) is 5.69 Å². The van der Waals surface area contributed by atoms with Crippen molar-refractivity contribution < 1.29 is 4.79 Å². The third-order valence-electron chi connectivity index (χ3n) is 2.91. The highest BCUT2D eigenvalue weighted by molar-refractivity contribution is 5.99. The second kappa shape index (κ2) is 6.15. The molecular weight excluding hydrogens is 248 g/mol. The molecule has 3 heteroatoms. The molecule has 2 heterocycles. The van der Waals surface area contributed by atoms with Crippen molar-refractivity contribution in [2.45, 2.75) is 20.8 Å². The van der Waals surface area contributed by atoms with E-state index in [0.717, 1.165) is 16.9 Å². The van der Waals surface area contributed by atoms with Gasteiger partial charge in [0.2, 0.25) is 0 Å². The Bertz CT molecular complexity index is 714. The van der Waals surface area contributed by atoms with Crippen molar-refractivity contribution in [1.29, 1.82) is 0 Å². The topological polar surface area (TPSA) is 34.4 Å². The van der Waals surface area contributed by atoms with Gasteiger partial charge in [-0.25, -0.2) is 4.98 Å². The van der Waals surface area contributed by atoms with E-state index in [1.54, 1.807) is 6.92 Å². The van der Waals surface area contributed by atoms with Gasteiger partial charge in [0.15, 0.2) is 5.78 Å². The minimum absolute atomic E-state index is 0.0162. The van der Waals surface area contributed by atoms with E-state index in [1.165, 1.54) is 0 Å². The predicted molar refractivity (Wildman–Crippen MR) is 82.0 cm³/mol. The Balaban J connectivity index is 0.000000704. The van der Waals surface area contributed by atoms with Crippen LogP contribution < -0.4 is 0 Å². The fourth-order valence-corrected chi connectivity index (χ4v) is 2.11. The Kier molecular flexibility index (Phi) is 4.31. The average molecular weight is 266 g/mol. The lowest BCUT2D eigenvalue weighted by atomic mass is 10.1. The average Bonchev–Trinajstić information content (AvgIpc) is 2.90. The van der Waals surface area contributed by atoms with Gasteiger partial charge < -0.3 is 0 Å². The van der Waals surface area contributed by atoms with Crippen molar-refractivity contribution >= 4 is 11.4 Å². The number of Topliss-reactive ketones (excluding diaryl/α,β-unsaturated/α-hetero) is 1. The smallest absolute Gasteiger partial charge is 0.180 e. The van der Waals surface area contributed by atoms with Crippen molar-refractivity contribution in [3.05, 3.63) is 60.4 Å². The Morgan fingerprint density at radius 3 is 2.30 bits per heavy atom. The number of benzene rings is 1. The third kappa shape index (κ3) is 2.48. The van der Waals surface area contributed by atoms with Gasteiger partial charge in [0.1, 0.15) is 11.3 Å². The number of carbonyl (C=O) groups excluding carboxylic acids is 1. The summed E-state index contributed by atoms with van der Waals surface area (Å²) in [6, 6.07) is 15.6. The van der Waals surface area contributed by atoms with Crippen molar-refractivity contribution in [2.75, 3.05) is 0 Å². The molecule has 3 rings (SSSR count). The van der Waals surface area contributed by atoms with Crippen molar-refractivity contribution in [2.24, 2.45) is 0 Å². The number of imidazole rings is 1. The van der Waals surface area contributed by atoms with Gasteiger partial charge in [0.05, 0.1) is 5.69 Å². The van der Waals surface area contributed by atoms with Crippen LogP contribution in [0.5, 0.6) is 0 Å². The molecule has 20 heavy (non-hydrogen) atoms. The molecule has 0 bridgehead atoms. The zero-order chi connectivity index (χ0) is 14.5. The molecular formula is C17H18N2O. The molecule has 0 N–H and O–H groups in total. The summed E-state index contributed by atoms with van der Waals surface area (Å²) in [7, 11) is 0. The van der Waals surface area contributed by atoms with Gasteiger partial charge in [-0.05, 0) is 12.1 Å². The first-order chi connectivity index (χ1) is 9.77. The zero-order valence-electron chi connectivity index (χ0n) is 12.0. The molecule has 102 valence electrons. The first-order valence-electron chi connectivity index (χ1n) is 6.81. The van der Waals surface area contributed by atoms with Crippen LogP contribution in [-0.2, 0) is 0 Å². The highest BCUT2D eigenvalue weighted by atomic mass is 16.1. The molecule has 0 aliphatic carbocycles. The molecule has 0 spiro atoms. The van der Waals surface area contributed by atoms with E-state index < -0.39 is 0 Å². The summed E-state index contributed by atoms with van der Waals surface area (Å²) in [6.45, 7) is 5.55. The number of carbonyl (C=O) groups is 1. The van der Waals surface area contributed by atoms with Crippen LogP contribution in [0.1, 0.15) is 31.3 Å². The molecule has 0 radical (unpaired) electrons. The fraction of sp³-hybridized carbons (Fsp3) is 0.176. The van der Waals surface area contributed by atoms with Gasteiger partial charge in [-0.2, -0.15) is 0 Å². The van der Waals surface area contributed by atoms with Crippen LogP contribution >= 0.6 is 0 Å². The van der Waals surface area contributed by atoms with Crippen LogP contribution in [0.25, 0.3) is 16.9 Å². The number of ketones is 1. The monoisotopic (exact) mass is 266 g/mol. The van der Waals surface area contributed by atoms with Gasteiger partial charge in [-0.1, -0.05) is 50.2 Å². The Hall–Kier alpha value is -2.42. The van der Waals surface area contributed by atoms with E-state index in [1.807, 2.05) is 73.0 Å². The second-order valence-corrected chi connectivity index (χ2v) is 4.16. The van der Waals surface area contributed by atoms with E-state index in [4.69, 9.17) is 0 Å². The maximum Gasteiger partial charge on any atom is 0.180 e. The summed E-state index contributed by atoms with van der Waals surface area (Å²) in [5.41, 5.74) is 3.18. The Labute approximate surface area is 118 Å². The summed E-state index contributed by atoms with van der Waals surface area (Å²) in [5, 5.41) is 0. The highest BCUT2D eigenvalue weighted by Crippen LogP contribution is 2.25. The molecule has 2 aromatic heterocycles. The van der Waals surface area contributed by atoms with Gasteiger partial charge in [-0.3, -0.25) is 9.20 Å². The minimum Gasteiger partial charge on any atom is -0.299 e. The maximum atomic E-state index is 11.7. The van der Waals surface area contributed by atoms with Crippen molar-refractivity contribution in [3.8, 4) is 11.3 Å². The SMILES string of the molecule is CC.CC(=O)c1nc2ccccn2c1-c1ccccc1. The largest absolute Gasteiger partial charge is 0.299 e. The van der Waals surface area contributed by atoms with Crippen LogP contribution in [0.4, 0.5) is 0 Å². The van der Waals surface area contributed by atoms with E-state index in [9.17, 15) is 4.79 Å². The molecule has 0 unspecified atom stereocenters. The quantitative estimate of drug-likeness (QED) is 0.650. The van der Waals surface area contributed by atoms with Crippen LogP contribution in [0.2, 0.25) is 0 Å². The summed E-state index contributed by atoms with van der Waals surface area (Å²) >= 11 is 0. The van der Waals surface area contributed by atoms with E-state index >= 15 is 0 Å². The lowest BCUT2D eigenvalue weighted by Crippen LogP contribution is -1.96. The molecule has 0 saturated carbocycles. The van der Waals surface area contributed by atoms with Crippen molar-refractivity contribution in [1.82, 2.24) is 9.38 Å². The van der Waals surface area contributed by atoms with Crippen LogP contribution in [0, 0.1) is 0 Å². The standard InChI is InChI=1S/C15H12N2O.C2H6/c1-11(18)14-15(12-7-3-2-4-8-12)17-10-6-5-9-13(17)16-14;1-2/h2-10H,1H3;1-2H3. The highest BCUT2D eigenvalue weighted by Gasteiger charge is 2.16. The molecule has 0 saturated heterocycles. The molecule has 0 aliphatic heterocycles. The second-order valence-electron chi connectivity index (χ2n) is 4.16. The maximum absolute atomic E-state index is 11.7. The summed E-state index contributed by atoms with van der Waals surface area (Å²) in [4.78, 5) is 16.1. The molecule has 0 fully saturated rings. The number of hydrogen-bond donors (Lipinski definition) is 0. The first kappa shape index (κ1) is 14.0. The molecule has 0 atom stereocenters. The Morgan fingerprint density at radius 1 is 1.00 bits per heavy atom. The number of rotatable bonds is 2. The molecule has 0 aliphatic rings. The Morgan fingerprint density at radius 2 is 1.65 bits per heavy atom. The number of hydrogen-bond acceptors (Lipinski definition) is 2. The van der Waals surface area contributed by atoms with Gasteiger partial charge in [0, 0.05) is 18.7 Å². The fourth-order valence-electron chi connectivity index (χ4n) is 2.11. The van der Waals surface area contributed by atoms with Gasteiger partial charge in [-0.15, -0.1) is 0 Å². The van der Waals surface area contributed by atoms with Crippen LogP contribution in [0.15, 0.2) is 54.7 Å². The van der Waals surface area contributed by atoms with Crippen LogP contribution in [-0.4, -0.2) is 15.2 Å². The number of nitrogens with zero attached hydrogens (tertiary/aromatic N) is 2. The lowest BCUT2D eigenvalue weighted by Gasteiger charge is -2.03. The molecule has 1 aromatic carbocycles. The summed E-state index contributed by atoms with van der Waals surface area (Å²) in [5.74, 6) is -0.0162. The third-order valence-corrected chi connectivity index (χ3v) is 2.91. The number of pyridine rings is 1. The summed E-state index contributed by atoms with van der Waals surface area (Å²) < 4.78 is 1.95. The number of fused-ring (bicyclic) bond motifs is 1. The van der Waals surface area contributed by atoms with Gasteiger partial charge >= 0.3 is 0 Å². The predicted octanol–water partition coefficient (Wildman–Crippen LogP) is 4.23. The first-order valence-corrected chi connectivity index (χ1v) is 6.81. The zero-order valence-corrected chi connectivity index (χ0v) is 12.0.